The number of rotatable bonds is 4. The Bertz CT molecular complexity index is 480. The number of nitrogens with one attached hydrogen (secondary N) is 1. The van der Waals surface area contributed by atoms with Gasteiger partial charge in [-0.2, -0.15) is 0 Å². The maximum atomic E-state index is 12.7. The topological polar surface area (TPSA) is 47.6 Å². The van der Waals surface area contributed by atoms with Gasteiger partial charge in [0, 0.05) is 29.6 Å². The summed E-state index contributed by atoms with van der Waals surface area (Å²) < 4.78 is 10.5. The van der Waals surface area contributed by atoms with Crippen molar-refractivity contribution in [1.29, 1.82) is 0 Å². The van der Waals surface area contributed by atoms with E-state index in [1.807, 2.05) is 12.1 Å². The summed E-state index contributed by atoms with van der Waals surface area (Å²) in [4.78, 5) is 12.7. The Morgan fingerprint density at radius 1 is 1.05 bits per heavy atom. The lowest BCUT2D eigenvalue weighted by molar-refractivity contribution is 0.0875. The van der Waals surface area contributed by atoms with Crippen LogP contribution in [0.4, 0.5) is 0 Å². The summed E-state index contributed by atoms with van der Waals surface area (Å²) in [5, 5.41) is 3.57. The lowest BCUT2D eigenvalue weighted by atomic mass is 9.86. The van der Waals surface area contributed by atoms with Gasteiger partial charge >= 0.3 is 0 Å². The average Bonchev–Trinajstić information content (AvgIpc) is 2.84. The van der Waals surface area contributed by atoms with Crippen LogP contribution < -0.4 is 14.8 Å². The first-order chi connectivity index (χ1) is 9.69. The molecule has 2 fully saturated rings. The third-order valence-electron chi connectivity index (χ3n) is 4.48. The summed E-state index contributed by atoms with van der Waals surface area (Å²) in [6.45, 7) is 0. The van der Waals surface area contributed by atoms with Crippen LogP contribution in [0.5, 0.6) is 11.5 Å². The molecular formula is C16H21NO3. The standard InChI is InChI=1S/C16H21NO3/c1-19-14-7-11(8-15(9-14)20-2)16(18)10-5-12-3-4-13(6-10)17-12/h7-10,12-13,17H,3-6H2,1-2H3. The Balaban J connectivity index is 1.82. The Labute approximate surface area is 119 Å². The van der Waals surface area contributed by atoms with E-state index >= 15 is 0 Å². The van der Waals surface area contributed by atoms with Gasteiger partial charge < -0.3 is 14.8 Å². The number of carbonyl (C=O) groups is 1. The van der Waals surface area contributed by atoms with Crippen molar-refractivity contribution in [3.05, 3.63) is 23.8 Å². The van der Waals surface area contributed by atoms with Crippen LogP contribution in [0.1, 0.15) is 36.0 Å². The third-order valence-corrected chi connectivity index (χ3v) is 4.48. The highest BCUT2D eigenvalue weighted by molar-refractivity contribution is 5.98. The maximum Gasteiger partial charge on any atom is 0.166 e. The summed E-state index contributed by atoms with van der Waals surface area (Å²) >= 11 is 0. The van der Waals surface area contributed by atoms with Gasteiger partial charge in [-0.3, -0.25) is 4.79 Å². The quantitative estimate of drug-likeness (QED) is 0.857. The van der Waals surface area contributed by atoms with Gasteiger partial charge in [-0.1, -0.05) is 0 Å². The van der Waals surface area contributed by atoms with Crippen LogP contribution in [0.3, 0.4) is 0 Å². The van der Waals surface area contributed by atoms with Crippen LogP contribution in [0.25, 0.3) is 0 Å². The summed E-state index contributed by atoms with van der Waals surface area (Å²) in [6.07, 6.45) is 4.31. The molecule has 2 aliphatic heterocycles. The molecule has 4 heteroatoms. The maximum absolute atomic E-state index is 12.7. The van der Waals surface area contributed by atoms with Crippen molar-refractivity contribution in [2.75, 3.05) is 14.2 Å². The van der Waals surface area contributed by atoms with Crippen LogP contribution >= 0.6 is 0 Å². The van der Waals surface area contributed by atoms with Crippen molar-refractivity contribution >= 4 is 5.78 Å². The third kappa shape index (κ3) is 2.52. The van der Waals surface area contributed by atoms with Gasteiger partial charge in [0.15, 0.2) is 5.78 Å². The number of hydrogen-bond donors (Lipinski definition) is 1. The van der Waals surface area contributed by atoms with Crippen LogP contribution in [0.15, 0.2) is 18.2 Å². The second kappa shape index (κ2) is 5.44. The normalized spacial score (nSPS) is 28.2. The molecule has 108 valence electrons. The van der Waals surface area contributed by atoms with Gasteiger partial charge in [0.05, 0.1) is 14.2 Å². The number of ether oxygens (including phenoxy) is 2. The molecule has 2 unspecified atom stereocenters. The first-order valence-corrected chi connectivity index (χ1v) is 7.23. The highest BCUT2D eigenvalue weighted by Crippen LogP contribution is 2.34. The number of methoxy groups -OCH3 is 2. The summed E-state index contributed by atoms with van der Waals surface area (Å²) in [7, 11) is 3.21. The number of fused-ring (bicyclic) bond motifs is 2. The van der Waals surface area contributed by atoms with E-state index in [1.165, 1.54) is 12.8 Å². The molecule has 2 atom stereocenters. The van der Waals surface area contributed by atoms with Crippen molar-refractivity contribution in [3.8, 4) is 11.5 Å². The fourth-order valence-corrected chi connectivity index (χ4v) is 3.46. The fourth-order valence-electron chi connectivity index (χ4n) is 3.46. The highest BCUT2D eigenvalue weighted by Gasteiger charge is 2.36. The van der Waals surface area contributed by atoms with Crippen LogP contribution in [0.2, 0.25) is 0 Å². The molecular weight excluding hydrogens is 254 g/mol. The van der Waals surface area contributed by atoms with E-state index in [4.69, 9.17) is 9.47 Å². The van der Waals surface area contributed by atoms with Crippen LogP contribution in [0, 0.1) is 5.92 Å². The molecule has 1 aromatic carbocycles. The van der Waals surface area contributed by atoms with Crippen LogP contribution in [-0.2, 0) is 0 Å². The number of hydrogen-bond acceptors (Lipinski definition) is 4. The molecule has 2 saturated heterocycles. The second-order valence-electron chi connectivity index (χ2n) is 5.77. The van der Waals surface area contributed by atoms with E-state index in [0.717, 1.165) is 12.8 Å². The first-order valence-electron chi connectivity index (χ1n) is 7.23. The number of benzene rings is 1. The van der Waals surface area contributed by atoms with Gasteiger partial charge in [0.25, 0.3) is 0 Å². The summed E-state index contributed by atoms with van der Waals surface area (Å²) in [5.41, 5.74) is 0.701. The van der Waals surface area contributed by atoms with Gasteiger partial charge in [-0.25, -0.2) is 0 Å². The van der Waals surface area contributed by atoms with Crippen LogP contribution in [-0.4, -0.2) is 32.1 Å². The molecule has 3 rings (SSSR count). The molecule has 20 heavy (non-hydrogen) atoms. The summed E-state index contributed by atoms with van der Waals surface area (Å²) in [5.74, 6) is 1.69. The minimum absolute atomic E-state index is 0.130. The number of carbonyl (C=O) groups excluding carboxylic acids is 1. The Morgan fingerprint density at radius 2 is 1.60 bits per heavy atom. The number of piperidine rings is 1. The Kier molecular flexibility index (Phi) is 3.66. The smallest absolute Gasteiger partial charge is 0.166 e. The van der Waals surface area contributed by atoms with Crippen molar-refractivity contribution in [2.45, 2.75) is 37.8 Å². The summed E-state index contributed by atoms with van der Waals surface area (Å²) in [6, 6.07) is 6.47. The molecule has 2 heterocycles. The predicted molar refractivity (Wildman–Crippen MR) is 76.5 cm³/mol. The zero-order valence-corrected chi connectivity index (χ0v) is 12.0. The largest absolute Gasteiger partial charge is 0.497 e. The van der Waals surface area contributed by atoms with Gasteiger partial charge in [-0.15, -0.1) is 0 Å². The minimum atomic E-state index is 0.130. The molecule has 0 aliphatic carbocycles. The molecule has 1 N–H and O–H groups in total. The van der Waals surface area contributed by atoms with Crippen molar-refractivity contribution < 1.29 is 14.3 Å². The van der Waals surface area contributed by atoms with E-state index in [0.29, 0.717) is 29.1 Å². The predicted octanol–water partition coefficient (Wildman–Crippen LogP) is 2.42. The lowest BCUT2D eigenvalue weighted by Crippen LogP contribution is -2.40. The van der Waals surface area contributed by atoms with Crippen molar-refractivity contribution in [2.24, 2.45) is 5.92 Å². The Morgan fingerprint density at radius 3 is 2.10 bits per heavy atom. The van der Waals surface area contributed by atoms with E-state index in [9.17, 15) is 4.79 Å². The molecule has 0 saturated carbocycles. The number of Topliss-reactive ketones (excluding diaryl/α,β-unsaturated/α-hetero) is 1. The lowest BCUT2D eigenvalue weighted by Gasteiger charge is -2.28. The molecule has 4 nitrogen and oxygen atoms in total. The second-order valence-corrected chi connectivity index (χ2v) is 5.77. The van der Waals surface area contributed by atoms with Crippen molar-refractivity contribution in [3.63, 3.8) is 0 Å². The zero-order chi connectivity index (χ0) is 14.1. The van der Waals surface area contributed by atoms with Gasteiger partial charge in [0.1, 0.15) is 11.5 Å². The Hall–Kier alpha value is -1.55. The van der Waals surface area contributed by atoms with E-state index in [2.05, 4.69) is 5.32 Å². The minimum Gasteiger partial charge on any atom is -0.497 e. The van der Waals surface area contributed by atoms with E-state index < -0.39 is 0 Å². The zero-order valence-electron chi connectivity index (χ0n) is 12.0. The molecule has 2 aliphatic rings. The molecule has 1 aromatic rings. The fraction of sp³-hybridized carbons (Fsp3) is 0.562. The monoisotopic (exact) mass is 275 g/mol. The molecule has 0 spiro atoms. The van der Waals surface area contributed by atoms with Gasteiger partial charge in [0.2, 0.25) is 0 Å². The van der Waals surface area contributed by atoms with E-state index in [-0.39, 0.29) is 11.7 Å². The average molecular weight is 275 g/mol. The first kappa shape index (κ1) is 13.4. The highest BCUT2D eigenvalue weighted by atomic mass is 16.5. The van der Waals surface area contributed by atoms with Crippen molar-refractivity contribution in [1.82, 2.24) is 5.32 Å². The van der Waals surface area contributed by atoms with Gasteiger partial charge in [-0.05, 0) is 37.8 Å². The molecule has 0 radical (unpaired) electrons. The molecule has 0 aromatic heterocycles. The SMILES string of the molecule is COc1cc(OC)cc(C(=O)C2CC3CCC(C2)N3)c1. The number of ketones is 1. The van der Waals surface area contributed by atoms with E-state index in [1.54, 1.807) is 20.3 Å². The molecule has 0 amide bonds. The molecule has 2 bridgehead atoms.